The van der Waals surface area contributed by atoms with Crippen LogP contribution in [0.1, 0.15) is 26.2 Å². The van der Waals surface area contributed by atoms with Crippen LogP contribution in [0.25, 0.3) is 0 Å². The zero-order valence-electron chi connectivity index (χ0n) is 10.7. The van der Waals surface area contributed by atoms with Crippen LogP contribution in [0, 0.1) is 0 Å². The molecular formula is C13H17NO5. The van der Waals surface area contributed by atoms with Crippen LogP contribution in [0.2, 0.25) is 0 Å². The first-order valence-electron chi connectivity index (χ1n) is 6.07. The highest BCUT2D eigenvalue weighted by Gasteiger charge is 2.33. The molecule has 0 aromatic rings. The fourth-order valence-corrected chi connectivity index (χ4v) is 1.99. The van der Waals surface area contributed by atoms with Crippen LogP contribution >= 0.6 is 0 Å². The summed E-state index contributed by atoms with van der Waals surface area (Å²) in [6.45, 7) is 1.18. The number of carboxylic acid groups (broad SMARTS) is 2. The van der Waals surface area contributed by atoms with Crippen LogP contribution in [0.5, 0.6) is 0 Å². The van der Waals surface area contributed by atoms with Gasteiger partial charge in [-0.15, -0.1) is 0 Å². The van der Waals surface area contributed by atoms with Gasteiger partial charge in [-0.05, 0) is 18.4 Å². The molecule has 104 valence electrons. The van der Waals surface area contributed by atoms with Crippen molar-refractivity contribution < 1.29 is 24.6 Å². The molecule has 0 radical (unpaired) electrons. The van der Waals surface area contributed by atoms with Gasteiger partial charge >= 0.3 is 11.9 Å². The van der Waals surface area contributed by atoms with Gasteiger partial charge in [-0.2, -0.15) is 0 Å². The largest absolute Gasteiger partial charge is 0.480 e. The van der Waals surface area contributed by atoms with Gasteiger partial charge in [0.15, 0.2) is 6.04 Å². The molecule has 1 aliphatic carbocycles. The van der Waals surface area contributed by atoms with Gasteiger partial charge in [0, 0.05) is 6.42 Å². The Hall–Kier alpha value is -2.11. The molecule has 19 heavy (non-hydrogen) atoms. The van der Waals surface area contributed by atoms with E-state index in [1.807, 2.05) is 0 Å². The lowest BCUT2D eigenvalue weighted by Crippen LogP contribution is -2.48. The number of rotatable bonds is 7. The van der Waals surface area contributed by atoms with Gasteiger partial charge in [-0.25, -0.2) is 4.79 Å². The van der Waals surface area contributed by atoms with Crippen molar-refractivity contribution >= 4 is 17.8 Å². The van der Waals surface area contributed by atoms with Crippen molar-refractivity contribution in [3.05, 3.63) is 23.8 Å². The Balaban J connectivity index is 2.99. The maximum atomic E-state index is 11.9. The summed E-state index contributed by atoms with van der Waals surface area (Å²) in [5, 5.41) is 18.1. The van der Waals surface area contributed by atoms with Gasteiger partial charge in [0.05, 0.1) is 0 Å². The summed E-state index contributed by atoms with van der Waals surface area (Å²) in [6, 6.07) is -1.20. The minimum Gasteiger partial charge on any atom is -0.480 e. The van der Waals surface area contributed by atoms with Crippen LogP contribution < -0.4 is 0 Å². The Kier molecular flexibility index (Phi) is 5.29. The van der Waals surface area contributed by atoms with E-state index in [4.69, 9.17) is 5.11 Å². The van der Waals surface area contributed by atoms with Gasteiger partial charge in [0.2, 0.25) is 5.91 Å². The van der Waals surface area contributed by atoms with Crippen molar-refractivity contribution in [2.75, 3.05) is 6.54 Å². The normalized spacial score (nSPS) is 14.9. The molecule has 0 bridgehead atoms. The predicted octanol–water partition coefficient (Wildman–Crippen LogP) is 1.04. The molecule has 1 aliphatic rings. The summed E-state index contributed by atoms with van der Waals surface area (Å²) in [5.41, 5.74) is 0.526. The van der Waals surface area contributed by atoms with E-state index < -0.39 is 30.4 Å². The van der Waals surface area contributed by atoms with Crippen molar-refractivity contribution in [2.24, 2.45) is 0 Å². The lowest BCUT2D eigenvalue weighted by atomic mass is 10.0. The molecule has 6 heteroatoms. The van der Waals surface area contributed by atoms with E-state index in [0.29, 0.717) is 18.4 Å². The molecule has 1 amide bonds. The summed E-state index contributed by atoms with van der Waals surface area (Å²) >= 11 is 0. The number of allylic oxidation sites excluding steroid dienone is 3. The minimum atomic E-state index is -1.22. The van der Waals surface area contributed by atoms with Crippen LogP contribution in [-0.4, -0.2) is 45.5 Å². The Morgan fingerprint density at radius 2 is 2.05 bits per heavy atom. The van der Waals surface area contributed by atoms with E-state index in [1.165, 1.54) is 0 Å². The standard InChI is InChI=1S/C13H17NO5/c1-2-5-10(15)14(8-11(16)17)12(13(18)19)9-6-3-4-7-9/h3-4,6,12H,2,5,7-8H2,1H3,(H,16,17)(H,18,19). The van der Waals surface area contributed by atoms with E-state index in [9.17, 15) is 19.5 Å². The lowest BCUT2D eigenvalue weighted by Gasteiger charge is -2.28. The van der Waals surface area contributed by atoms with E-state index in [1.54, 1.807) is 25.2 Å². The maximum absolute atomic E-state index is 11.9. The molecule has 0 aromatic heterocycles. The van der Waals surface area contributed by atoms with Gasteiger partial charge in [-0.1, -0.05) is 25.2 Å². The quantitative estimate of drug-likeness (QED) is 0.718. The second-order valence-corrected chi connectivity index (χ2v) is 4.28. The average Bonchev–Trinajstić information content (AvgIpc) is 2.81. The number of carboxylic acids is 2. The van der Waals surface area contributed by atoms with Gasteiger partial charge in [0.1, 0.15) is 6.54 Å². The number of hydrogen-bond acceptors (Lipinski definition) is 3. The number of nitrogens with zero attached hydrogens (tertiary/aromatic N) is 1. The summed E-state index contributed by atoms with van der Waals surface area (Å²) in [7, 11) is 0. The van der Waals surface area contributed by atoms with Crippen molar-refractivity contribution in [1.82, 2.24) is 4.90 Å². The van der Waals surface area contributed by atoms with Crippen molar-refractivity contribution in [2.45, 2.75) is 32.2 Å². The molecule has 0 aliphatic heterocycles. The highest BCUT2D eigenvalue weighted by Crippen LogP contribution is 2.21. The fourth-order valence-electron chi connectivity index (χ4n) is 1.99. The zero-order valence-corrected chi connectivity index (χ0v) is 10.7. The second kappa shape index (κ2) is 6.72. The topological polar surface area (TPSA) is 94.9 Å². The Morgan fingerprint density at radius 1 is 1.37 bits per heavy atom. The molecule has 0 heterocycles. The van der Waals surface area contributed by atoms with E-state index in [0.717, 1.165) is 4.90 Å². The van der Waals surface area contributed by atoms with E-state index >= 15 is 0 Å². The Bertz CT molecular complexity index is 438. The number of carbonyl (C=O) groups excluding carboxylic acids is 1. The molecule has 1 rings (SSSR count). The molecule has 0 saturated carbocycles. The third-order valence-corrected chi connectivity index (χ3v) is 2.79. The lowest BCUT2D eigenvalue weighted by molar-refractivity contribution is -0.152. The first-order valence-corrected chi connectivity index (χ1v) is 6.07. The first-order chi connectivity index (χ1) is 8.97. The predicted molar refractivity (Wildman–Crippen MR) is 67.5 cm³/mol. The van der Waals surface area contributed by atoms with Crippen LogP contribution in [0.3, 0.4) is 0 Å². The van der Waals surface area contributed by atoms with Crippen molar-refractivity contribution in [3.8, 4) is 0 Å². The highest BCUT2D eigenvalue weighted by atomic mass is 16.4. The van der Waals surface area contributed by atoms with Crippen molar-refractivity contribution in [3.63, 3.8) is 0 Å². The smallest absolute Gasteiger partial charge is 0.330 e. The molecule has 0 spiro atoms. The number of amides is 1. The molecule has 0 aromatic carbocycles. The van der Waals surface area contributed by atoms with E-state index in [2.05, 4.69) is 0 Å². The number of aliphatic carboxylic acids is 2. The number of hydrogen-bond donors (Lipinski definition) is 2. The number of carbonyl (C=O) groups is 3. The molecule has 6 nitrogen and oxygen atoms in total. The molecule has 0 saturated heterocycles. The first kappa shape index (κ1) is 14.9. The third-order valence-electron chi connectivity index (χ3n) is 2.79. The SMILES string of the molecule is CCCC(=O)N(CC(=O)O)C(C(=O)O)C1=CC=CC1. The second-order valence-electron chi connectivity index (χ2n) is 4.28. The van der Waals surface area contributed by atoms with Gasteiger partial charge in [-0.3, -0.25) is 9.59 Å². The monoisotopic (exact) mass is 267 g/mol. The summed E-state index contributed by atoms with van der Waals surface area (Å²) in [5.74, 6) is -2.88. The fraction of sp³-hybridized carbons (Fsp3) is 0.462. The minimum absolute atomic E-state index is 0.137. The Labute approximate surface area is 111 Å². The van der Waals surface area contributed by atoms with Gasteiger partial charge in [0.25, 0.3) is 0 Å². The molecule has 1 unspecified atom stereocenters. The zero-order chi connectivity index (χ0) is 14.4. The molecular weight excluding hydrogens is 250 g/mol. The molecule has 0 fully saturated rings. The molecule has 1 atom stereocenters. The van der Waals surface area contributed by atoms with E-state index in [-0.39, 0.29) is 6.42 Å². The summed E-state index contributed by atoms with van der Waals surface area (Å²) < 4.78 is 0. The highest BCUT2D eigenvalue weighted by molar-refractivity contribution is 5.89. The Morgan fingerprint density at radius 3 is 2.47 bits per heavy atom. The average molecular weight is 267 g/mol. The maximum Gasteiger partial charge on any atom is 0.330 e. The van der Waals surface area contributed by atoms with Crippen LogP contribution in [0.15, 0.2) is 23.8 Å². The summed E-state index contributed by atoms with van der Waals surface area (Å²) in [6.07, 6.45) is 6.19. The van der Waals surface area contributed by atoms with Gasteiger partial charge < -0.3 is 15.1 Å². The molecule has 2 N–H and O–H groups in total. The van der Waals surface area contributed by atoms with Crippen molar-refractivity contribution in [1.29, 1.82) is 0 Å². The third kappa shape index (κ3) is 3.94. The van der Waals surface area contributed by atoms with Crippen LogP contribution in [0.4, 0.5) is 0 Å². The summed E-state index contributed by atoms with van der Waals surface area (Å²) in [4.78, 5) is 35.1. The van der Waals surface area contributed by atoms with Crippen LogP contribution in [-0.2, 0) is 14.4 Å².